The quantitative estimate of drug-likeness (QED) is 0.428. The molecule has 0 bridgehead atoms. The highest BCUT2D eigenvalue weighted by Gasteiger charge is 2.18. The first-order valence-corrected chi connectivity index (χ1v) is 10.1. The number of hydrogen-bond acceptors (Lipinski definition) is 4. The van der Waals surface area contributed by atoms with E-state index in [1.165, 1.54) is 6.08 Å². The summed E-state index contributed by atoms with van der Waals surface area (Å²) in [6, 6.07) is 17.4. The second-order valence-corrected chi connectivity index (χ2v) is 7.45. The minimum atomic E-state index is -0.570. The maximum Gasteiger partial charge on any atom is 0.331 e. The number of rotatable bonds is 7. The predicted molar refractivity (Wildman–Crippen MR) is 121 cm³/mol. The van der Waals surface area contributed by atoms with Gasteiger partial charge in [-0.2, -0.15) is 5.10 Å². The Morgan fingerprint density at radius 2 is 1.81 bits per heavy atom. The van der Waals surface area contributed by atoms with Gasteiger partial charge in [-0.25, -0.2) is 4.79 Å². The third-order valence-electron chi connectivity index (χ3n) is 5.09. The molecule has 3 aromatic rings. The zero-order valence-corrected chi connectivity index (χ0v) is 18.3. The highest BCUT2D eigenvalue weighted by atomic mass is 16.5. The SMILES string of the molecule is Cc1cccc(N(Cc2ccccc2)C(=O)COC(=O)/C=C/c2c(C)nn(C)c2C)c1. The molecule has 0 atom stereocenters. The lowest BCUT2D eigenvalue weighted by Gasteiger charge is -2.23. The van der Waals surface area contributed by atoms with Crippen LogP contribution in [-0.4, -0.2) is 28.3 Å². The number of anilines is 1. The Bertz CT molecular complexity index is 1100. The van der Waals surface area contributed by atoms with E-state index in [4.69, 9.17) is 4.74 Å². The molecule has 31 heavy (non-hydrogen) atoms. The number of aromatic nitrogens is 2. The van der Waals surface area contributed by atoms with Crippen LogP contribution in [0.2, 0.25) is 0 Å². The number of aryl methyl sites for hydroxylation is 3. The van der Waals surface area contributed by atoms with Gasteiger partial charge in [-0.1, -0.05) is 42.5 Å². The van der Waals surface area contributed by atoms with Crippen molar-refractivity contribution in [2.24, 2.45) is 7.05 Å². The van der Waals surface area contributed by atoms with Crippen molar-refractivity contribution >= 4 is 23.6 Å². The second-order valence-electron chi connectivity index (χ2n) is 7.45. The van der Waals surface area contributed by atoms with Crippen LogP contribution in [0, 0.1) is 20.8 Å². The number of ether oxygens (including phenoxy) is 1. The smallest absolute Gasteiger partial charge is 0.331 e. The van der Waals surface area contributed by atoms with Gasteiger partial charge in [0.2, 0.25) is 0 Å². The van der Waals surface area contributed by atoms with E-state index in [9.17, 15) is 9.59 Å². The third-order valence-corrected chi connectivity index (χ3v) is 5.09. The highest BCUT2D eigenvalue weighted by Crippen LogP contribution is 2.19. The molecule has 1 heterocycles. The molecule has 0 N–H and O–H groups in total. The monoisotopic (exact) mass is 417 g/mol. The fraction of sp³-hybridized carbons (Fsp3) is 0.240. The van der Waals surface area contributed by atoms with Gasteiger partial charge >= 0.3 is 5.97 Å². The van der Waals surface area contributed by atoms with Crippen LogP contribution in [0.5, 0.6) is 0 Å². The van der Waals surface area contributed by atoms with Gasteiger partial charge in [0.05, 0.1) is 12.2 Å². The first-order valence-electron chi connectivity index (χ1n) is 10.1. The van der Waals surface area contributed by atoms with E-state index in [1.807, 2.05) is 82.4 Å². The van der Waals surface area contributed by atoms with Crippen molar-refractivity contribution in [2.45, 2.75) is 27.3 Å². The van der Waals surface area contributed by atoms with E-state index in [0.29, 0.717) is 6.54 Å². The normalized spacial score (nSPS) is 11.0. The molecule has 0 unspecified atom stereocenters. The zero-order valence-electron chi connectivity index (χ0n) is 18.3. The fourth-order valence-corrected chi connectivity index (χ4v) is 3.33. The summed E-state index contributed by atoms with van der Waals surface area (Å²) >= 11 is 0. The van der Waals surface area contributed by atoms with Gasteiger partial charge in [0, 0.05) is 30.1 Å². The molecule has 6 nitrogen and oxygen atoms in total. The molecule has 1 aromatic heterocycles. The summed E-state index contributed by atoms with van der Waals surface area (Å²) < 4.78 is 7.00. The maximum atomic E-state index is 13.0. The zero-order chi connectivity index (χ0) is 22.4. The molecule has 0 aliphatic carbocycles. The standard InChI is InChI=1S/C25H27N3O3/c1-18-9-8-12-22(15-18)28(16-21-10-6-5-7-11-21)24(29)17-31-25(30)14-13-23-19(2)26-27(4)20(23)3/h5-15H,16-17H2,1-4H3/b14-13+. The van der Waals surface area contributed by atoms with E-state index < -0.39 is 5.97 Å². The van der Waals surface area contributed by atoms with Crippen molar-refractivity contribution in [3.05, 3.63) is 88.8 Å². The molecule has 6 heteroatoms. The molecule has 0 saturated carbocycles. The Kier molecular flexibility index (Phi) is 7.03. The first-order chi connectivity index (χ1) is 14.8. The molecular weight excluding hydrogens is 390 g/mol. The molecule has 0 aliphatic rings. The number of carbonyl (C=O) groups excluding carboxylic acids is 2. The minimum Gasteiger partial charge on any atom is -0.452 e. The third kappa shape index (κ3) is 5.69. The number of amides is 1. The van der Waals surface area contributed by atoms with Gasteiger partial charge in [-0.05, 0) is 50.1 Å². The molecule has 0 saturated heterocycles. The lowest BCUT2D eigenvalue weighted by atomic mass is 10.1. The average Bonchev–Trinajstić information content (AvgIpc) is 3.00. The number of hydrogen-bond donors (Lipinski definition) is 0. The van der Waals surface area contributed by atoms with E-state index in [0.717, 1.165) is 33.8 Å². The first kappa shape index (κ1) is 22.0. The Labute approximate surface area is 182 Å². The van der Waals surface area contributed by atoms with Crippen LogP contribution in [0.25, 0.3) is 6.08 Å². The molecular formula is C25H27N3O3. The summed E-state index contributed by atoms with van der Waals surface area (Å²) in [6.45, 7) is 5.84. The Morgan fingerprint density at radius 3 is 2.45 bits per heavy atom. The molecule has 2 aromatic carbocycles. The van der Waals surface area contributed by atoms with Crippen molar-refractivity contribution in [1.29, 1.82) is 0 Å². The molecule has 0 aliphatic heterocycles. The summed E-state index contributed by atoms with van der Waals surface area (Å²) in [5.74, 6) is -0.857. The van der Waals surface area contributed by atoms with Crippen molar-refractivity contribution in [3.63, 3.8) is 0 Å². The van der Waals surface area contributed by atoms with Crippen molar-refractivity contribution in [1.82, 2.24) is 9.78 Å². The Morgan fingerprint density at radius 1 is 1.06 bits per heavy atom. The van der Waals surface area contributed by atoms with Crippen LogP contribution in [0.3, 0.4) is 0 Å². The van der Waals surface area contributed by atoms with Crippen LogP contribution < -0.4 is 4.90 Å². The van der Waals surface area contributed by atoms with Gasteiger partial charge < -0.3 is 9.64 Å². The number of nitrogens with zero attached hydrogens (tertiary/aromatic N) is 3. The van der Waals surface area contributed by atoms with Crippen LogP contribution >= 0.6 is 0 Å². The van der Waals surface area contributed by atoms with Crippen molar-refractivity contribution in [3.8, 4) is 0 Å². The fourth-order valence-electron chi connectivity index (χ4n) is 3.33. The summed E-state index contributed by atoms with van der Waals surface area (Å²) in [7, 11) is 1.85. The summed E-state index contributed by atoms with van der Waals surface area (Å²) in [6.07, 6.45) is 3.01. The van der Waals surface area contributed by atoms with Gasteiger partial charge in [0.1, 0.15) is 0 Å². The van der Waals surface area contributed by atoms with Gasteiger partial charge in [-0.15, -0.1) is 0 Å². The minimum absolute atomic E-state index is 0.287. The van der Waals surface area contributed by atoms with E-state index in [2.05, 4.69) is 5.10 Å². The van der Waals surface area contributed by atoms with Gasteiger partial charge in [0.15, 0.2) is 6.61 Å². The van der Waals surface area contributed by atoms with Crippen LogP contribution in [-0.2, 0) is 27.9 Å². The van der Waals surface area contributed by atoms with E-state index in [1.54, 1.807) is 15.7 Å². The van der Waals surface area contributed by atoms with Crippen LogP contribution in [0.15, 0.2) is 60.7 Å². The molecule has 1 amide bonds. The van der Waals surface area contributed by atoms with Gasteiger partial charge in [0.25, 0.3) is 5.91 Å². The summed E-state index contributed by atoms with van der Waals surface area (Å²) in [4.78, 5) is 26.8. The lowest BCUT2D eigenvalue weighted by molar-refractivity contribution is -0.142. The van der Waals surface area contributed by atoms with Crippen molar-refractivity contribution in [2.75, 3.05) is 11.5 Å². The summed E-state index contributed by atoms with van der Waals surface area (Å²) in [5.41, 5.74) is 5.45. The molecule has 160 valence electrons. The topological polar surface area (TPSA) is 64.4 Å². The number of carbonyl (C=O) groups is 2. The Balaban J connectivity index is 1.69. The molecule has 0 fully saturated rings. The predicted octanol–water partition coefficient (Wildman–Crippen LogP) is 4.14. The van der Waals surface area contributed by atoms with Crippen LogP contribution in [0.4, 0.5) is 5.69 Å². The maximum absolute atomic E-state index is 13.0. The van der Waals surface area contributed by atoms with Crippen LogP contribution in [0.1, 0.15) is 28.1 Å². The molecule has 0 spiro atoms. The largest absolute Gasteiger partial charge is 0.452 e. The number of benzene rings is 2. The molecule has 3 rings (SSSR count). The van der Waals surface area contributed by atoms with Gasteiger partial charge in [-0.3, -0.25) is 9.48 Å². The molecule has 0 radical (unpaired) electrons. The average molecular weight is 418 g/mol. The number of esters is 1. The van der Waals surface area contributed by atoms with Crippen molar-refractivity contribution < 1.29 is 14.3 Å². The Hall–Kier alpha value is -3.67. The summed E-state index contributed by atoms with van der Waals surface area (Å²) in [5, 5.41) is 4.32. The lowest BCUT2D eigenvalue weighted by Crippen LogP contribution is -2.34. The second kappa shape index (κ2) is 9.89. The highest BCUT2D eigenvalue weighted by molar-refractivity contribution is 5.96. The van der Waals surface area contributed by atoms with E-state index >= 15 is 0 Å². The van der Waals surface area contributed by atoms with E-state index in [-0.39, 0.29) is 12.5 Å².